The summed E-state index contributed by atoms with van der Waals surface area (Å²) in [4.78, 5) is 36.8. The van der Waals surface area contributed by atoms with Crippen LogP contribution in [0.1, 0.15) is 65.2 Å². The predicted octanol–water partition coefficient (Wildman–Crippen LogP) is 3.44. The summed E-state index contributed by atoms with van der Waals surface area (Å²) in [6.07, 6.45) is 6.24. The molecular formula is C20H36N2O4S2. The Morgan fingerprint density at radius 2 is 1.82 bits per heavy atom. The number of ether oxygens (including phenoxy) is 1. The van der Waals surface area contributed by atoms with Crippen LogP contribution in [0.4, 0.5) is 0 Å². The number of nitrogens with one attached hydrogen (secondary N) is 1. The van der Waals surface area contributed by atoms with Crippen molar-refractivity contribution in [2.45, 2.75) is 71.3 Å². The van der Waals surface area contributed by atoms with E-state index in [4.69, 9.17) is 4.74 Å². The van der Waals surface area contributed by atoms with Crippen molar-refractivity contribution in [3.05, 3.63) is 0 Å². The second-order valence-electron chi connectivity index (χ2n) is 7.05. The lowest BCUT2D eigenvalue weighted by Crippen LogP contribution is -2.38. The van der Waals surface area contributed by atoms with Gasteiger partial charge < -0.3 is 19.7 Å². The number of Topliss-reactive ketones (excluding diaryl/α,β-unsaturated/α-hetero) is 1. The molecule has 8 heteroatoms. The highest BCUT2D eigenvalue weighted by Gasteiger charge is 2.28. The number of hydrogen-bond acceptors (Lipinski definition) is 6. The molecule has 1 aliphatic heterocycles. The van der Waals surface area contributed by atoms with Crippen molar-refractivity contribution in [2.24, 2.45) is 0 Å². The fourth-order valence-electron chi connectivity index (χ4n) is 3.11. The lowest BCUT2D eigenvalue weighted by molar-refractivity contribution is -0.133. The monoisotopic (exact) mass is 432 g/mol. The first kappa shape index (κ1) is 25.3. The molecule has 28 heavy (non-hydrogen) atoms. The topological polar surface area (TPSA) is 75.7 Å². The van der Waals surface area contributed by atoms with Crippen LogP contribution in [0.5, 0.6) is 0 Å². The molecule has 0 spiro atoms. The van der Waals surface area contributed by atoms with Gasteiger partial charge in [-0.25, -0.2) is 0 Å². The summed E-state index contributed by atoms with van der Waals surface area (Å²) in [5, 5.41) is 2.91. The Morgan fingerprint density at radius 3 is 2.57 bits per heavy atom. The minimum absolute atomic E-state index is 0.0620. The molecule has 1 heterocycles. The fraction of sp³-hybridized carbons (Fsp3) is 0.850. The van der Waals surface area contributed by atoms with Crippen molar-refractivity contribution in [1.29, 1.82) is 0 Å². The fourth-order valence-corrected chi connectivity index (χ4v) is 5.11. The van der Waals surface area contributed by atoms with Crippen molar-refractivity contribution in [3.8, 4) is 0 Å². The minimum atomic E-state index is 0.0620. The van der Waals surface area contributed by atoms with E-state index < -0.39 is 0 Å². The summed E-state index contributed by atoms with van der Waals surface area (Å²) >= 11 is 0. The summed E-state index contributed by atoms with van der Waals surface area (Å²) in [5.74, 6) is 2.30. The number of amides is 2. The zero-order valence-electron chi connectivity index (χ0n) is 17.4. The molecule has 1 aliphatic rings. The lowest BCUT2D eigenvalue weighted by atomic mass is 10.1. The molecule has 1 rings (SSSR count). The molecule has 0 aliphatic carbocycles. The first-order valence-corrected chi connectivity index (χ1v) is 12.9. The molecule has 162 valence electrons. The molecule has 0 radical (unpaired) electrons. The lowest BCUT2D eigenvalue weighted by Gasteiger charge is -2.24. The van der Waals surface area contributed by atoms with Gasteiger partial charge in [-0.05, 0) is 46.0 Å². The van der Waals surface area contributed by atoms with Gasteiger partial charge in [0.2, 0.25) is 11.8 Å². The molecule has 1 fully saturated rings. The average Bonchev–Trinajstić information content (AvgIpc) is 3.14. The third-order valence-electron chi connectivity index (χ3n) is 4.60. The van der Waals surface area contributed by atoms with Crippen LogP contribution in [-0.4, -0.2) is 66.3 Å². The Morgan fingerprint density at radius 1 is 1.07 bits per heavy atom. The van der Waals surface area contributed by atoms with Gasteiger partial charge in [-0.2, -0.15) is 0 Å². The molecule has 0 saturated carbocycles. The minimum Gasteiger partial charge on any atom is -0.380 e. The molecule has 0 aromatic rings. The van der Waals surface area contributed by atoms with E-state index >= 15 is 0 Å². The van der Waals surface area contributed by atoms with Crippen molar-refractivity contribution >= 4 is 39.2 Å². The number of rotatable bonds is 16. The van der Waals surface area contributed by atoms with Crippen LogP contribution in [0, 0.1) is 0 Å². The first-order valence-electron chi connectivity index (χ1n) is 10.4. The first-order chi connectivity index (χ1) is 13.5. The third-order valence-corrected chi connectivity index (χ3v) is 7.10. The zero-order valence-corrected chi connectivity index (χ0v) is 19.0. The molecule has 0 aromatic carbocycles. The van der Waals surface area contributed by atoms with E-state index in [1.165, 1.54) is 0 Å². The molecule has 1 atom stereocenters. The smallest absolute Gasteiger partial charge is 0.222 e. The molecule has 0 bridgehead atoms. The number of carbonyl (C=O) groups excluding carboxylic acids is 3. The number of ketones is 1. The van der Waals surface area contributed by atoms with E-state index in [1.54, 1.807) is 28.5 Å². The third kappa shape index (κ3) is 12.0. The second-order valence-corrected chi connectivity index (χ2v) is 9.75. The van der Waals surface area contributed by atoms with Crippen LogP contribution in [0.3, 0.4) is 0 Å². The number of hydrogen-bond donors (Lipinski definition) is 1. The van der Waals surface area contributed by atoms with E-state index in [9.17, 15) is 14.4 Å². The molecule has 1 saturated heterocycles. The van der Waals surface area contributed by atoms with Gasteiger partial charge in [-0.1, -0.05) is 21.6 Å². The quantitative estimate of drug-likeness (QED) is 0.297. The number of unbranched alkanes of at least 4 members (excludes halogenated alkanes) is 1. The Kier molecular flexibility index (Phi) is 14.6. The largest absolute Gasteiger partial charge is 0.380 e. The van der Waals surface area contributed by atoms with Gasteiger partial charge in [-0.15, -0.1) is 0 Å². The summed E-state index contributed by atoms with van der Waals surface area (Å²) in [6, 6.07) is 0.264. The van der Waals surface area contributed by atoms with Gasteiger partial charge in [0, 0.05) is 50.5 Å². The Labute approximate surface area is 177 Å². The van der Waals surface area contributed by atoms with Crippen molar-refractivity contribution < 1.29 is 19.1 Å². The summed E-state index contributed by atoms with van der Waals surface area (Å²) in [7, 11) is 3.50. The number of likely N-dealkylation sites (tertiary alicyclic amines) is 1. The van der Waals surface area contributed by atoms with Gasteiger partial charge in [0.1, 0.15) is 5.78 Å². The zero-order chi connectivity index (χ0) is 20.6. The van der Waals surface area contributed by atoms with Crippen LogP contribution in [0.2, 0.25) is 0 Å². The van der Waals surface area contributed by atoms with E-state index in [-0.39, 0.29) is 23.6 Å². The van der Waals surface area contributed by atoms with Crippen LogP contribution in [0.15, 0.2) is 0 Å². The van der Waals surface area contributed by atoms with Gasteiger partial charge in [0.05, 0.1) is 12.6 Å². The van der Waals surface area contributed by atoms with Gasteiger partial charge >= 0.3 is 0 Å². The van der Waals surface area contributed by atoms with Crippen molar-refractivity contribution in [1.82, 2.24) is 10.2 Å². The summed E-state index contributed by atoms with van der Waals surface area (Å²) in [5.41, 5.74) is 0. The maximum atomic E-state index is 12.4. The predicted molar refractivity (Wildman–Crippen MR) is 118 cm³/mol. The highest BCUT2D eigenvalue weighted by Crippen LogP contribution is 2.23. The van der Waals surface area contributed by atoms with Crippen LogP contribution < -0.4 is 5.32 Å². The van der Waals surface area contributed by atoms with Crippen LogP contribution >= 0.6 is 21.6 Å². The van der Waals surface area contributed by atoms with E-state index in [1.807, 2.05) is 11.8 Å². The highest BCUT2D eigenvalue weighted by molar-refractivity contribution is 8.76. The maximum Gasteiger partial charge on any atom is 0.222 e. The average molecular weight is 433 g/mol. The number of nitrogens with zero attached hydrogens (tertiary/aromatic N) is 1. The Hall–Kier alpha value is -0.730. The Balaban J connectivity index is 1.95. The van der Waals surface area contributed by atoms with E-state index in [2.05, 4.69) is 5.32 Å². The summed E-state index contributed by atoms with van der Waals surface area (Å²) < 4.78 is 5.49. The maximum absolute atomic E-state index is 12.4. The van der Waals surface area contributed by atoms with Crippen molar-refractivity contribution in [2.75, 3.05) is 37.8 Å². The van der Waals surface area contributed by atoms with Gasteiger partial charge in [0.25, 0.3) is 0 Å². The van der Waals surface area contributed by atoms with E-state index in [0.29, 0.717) is 39.0 Å². The molecule has 1 N–H and O–H groups in total. The number of carbonyl (C=O) groups is 3. The van der Waals surface area contributed by atoms with E-state index in [0.717, 1.165) is 50.2 Å². The van der Waals surface area contributed by atoms with Crippen LogP contribution in [-0.2, 0) is 19.1 Å². The standard InChI is InChI=1S/C20H36N2O4S2/c1-3-26-16-18-9-6-13-22(18)20(25)11-7-14-27-28-15-12-21-19(24)10-5-4-8-17(2)23/h18H,3-16H2,1-2H3,(H,21,24)/t18-/m0/s1. The van der Waals surface area contributed by atoms with Gasteiger partial charge in [0.15, 0.2) is 0 Å². The second kappa shape index (κ2) is 16.1. The Bertz CT molecular complexity index is 477. The normalized spacial score (nSPS) is 16.4. The molecule has 2 amide bonds. The van der Waals surface area contributed by atoms with Crippen LogP contribution in [0.25, 0.3) is 0 Å². The molecule has 0 unspecified atom stereocenters. The molecule has 0 aromatic heterocycles. The van der Waals surface area contributed by atoms with Crippen molar-refractivity contribution in [3.63, 3.8) is 0 Å². The summed E-state index contributed by atoms with van der Waals surface area (Å²) in [6.45, 7) is 6.46. The molecule has 6 nitrogen and oxygen atoms in total. The molecular weight excluding hydrogens is 396 g/mol. The highest BCUT2D eigenvalue weighted by atomic mass is 33.1. The van der Waals surface area contributed by atoms with Gasteiger partial charge in [-0.3, -0.25) is 9.59 Å². The SMILES string of the molecule is CCOC[C@@H]1CCCN1C(=O)CCCSSCCNC(=O)CCCCC(C)=O.